The summed E-state index contributed by atoms with van der Waals surface area (Å²) in [6, 6.07) is 7.20. The molecule has 1 rings (SSSR count). The fraction of sp³-hybridized carbons (Fsp3) is 0.333. The largest absolute Gasteiger partial charge is 0.334 e. The summed E-state index contributed by atoms with van der Waals surface area (Å²) < 4.78 is 0.949. The van der Waals surface area contributed by atoms with Crippen LogP contribution in [0.4, 0.5) is 4.79 Å². The summed E-state index contributed by atoms with van der Waals surface area (Å²) in [5.74, 6) is 0. The Morgan fingerprint density at radius 3 is 2.89 bits per heavy atom. The molecule has 0 aliphatic heterocycles. The van der Waals surface area contributed by atoms with Gasteiger partial charge >= 0.3 is 6.03 Å². The van der Waals surface area contributed by atoms with Crippen LogP contribution in [0.25, 0.3) is 0 Å². The van der Waals surface area contributed by atoms with E-state index in [0.717, 1.165) is 14.9 Å². The number of carbonyl (C=O) groups is 2. The fourth-order valence-electron chi connectivity index (χ4n) is 1.39. The van der Waals surface area contributed by atoms with Gasteiger partial charge < -0.3 is 11.1 Å². The summed E-state index contributed by atoms with van der Waals surface area (Å²) in [4.78, 5) is 23.5. The molecule has 18 heavy (non-hydrogen) atoms. The molecule has 0 heterocycles. The first kappa shape index (κ1) is 14.7. The van der Waals surface area contributed by atoms with Crippen LogP contribution in [0.3, 0.4) is 0 Å². The Kier molecular flexibility index (Phi) is 6.38. The molecule has 0 saturated carbocycles. The number of hydrogen-bond acceptors (Lipinski definition) is 3. The van der Waals surface area contributed by atoms with Gasteiger partial charge in [0.1, 0.15) is 0 Å². The lowest BCUT2D eigenvalue weighted by atomic mass is 10.2. The van der Waals surface area contributed by atoms with Gasteiger partial charge in [-0.3, -0.25) is 9.69 Å². The third-order valence-corrected chi connectivity index (χ3v) is 2.82. The summed E-state index contributed by atoms with van der Waals surface area (Å²) in [6.45, 7) is 1.17. The van der Waals surface area contributed by atoms with E-state index in [9.17, 15) is 9.59 Å². The summed E-state index contributed by atoms with van der Waals surface area (Å²) in [5.41, 5.74) is 6.29. The molecule has 0 atom stereocenters. The number of rotatable bonds is 6. The maximum atomic E-state index is 11.7. The van der Waals surface area contributed by atoms with Crippen molar-refractivity contribution in [1.29, 1.82) is 0 Å². The number of carbonyl (C=O) groups excluding carboxylic acids is 2. The van der Waals surface area contributed by atoms with Crippen molar-refractivity contribution >= 4 is 28.4 Å². The third kappa shape index (κ3) is 4.85. The molecule has 0 aromatic heterocycles. The van der Waals surface area contributed by atoms with Crippen molar-refractivity contribution in [2.24, 2.45) is 5.73 Å². The van der Waals surface area contributed by atoms with Gasteiger partial charge in [0.25, 0.3) is 0 Å². The molecule has 98 valence electrons. The lowest BCUT2D eigenvalue weighted by Gasteiger charge is -2.15. The van der Waals surface area contributed by atoms with E-state index in [0.29, 0.717) is 32.5 Å². The monoisotopic (exact) mass is 313 g/mol. The fourth-order valence-corrected chi connectivity index (χ4v) is 1.84. The number of urea groups is 1. The van der Waals surface area contributed by atoms with Gasteiger partial charge in [0.15, 0.2) is 0 Å². The Labute approximate surface area is 114 Å². The molecule has 0 saturated heterocycles. The van der Waals surface area contributed by atoms with Crippen LogP contribution in [0.1, 0.15) is 12.0 Å². The van der Waals surface area contributed by atoms with Crippen LogP contribution in [0.5, 0.6) is 0 Å². The van der Waals surface area contributed by atoms with Gasteiger partial charge in [-0.15, -0.1) is 0 Å². The number of nitrogens with one attached hydrogen (secondary N) is 1. The predicted molar refractivity (Wildman–Crippen MR) is 72.8 cm³/mol. The van der Waals surface area contributed by atoms with E-state index in [4.69, 9.17) is 5.73 Å². The van der Waals surface area contributed by atoms with Crippen LogP contribution in [-0.4, -0.2) is 30.4 Å². The number of halogens is 1. The normalized spacial score (nSPS) is 9.89. The van der Waals surface area contributed by atoms with Crippen molar-refractivity contribution in [3.63, 3.8) is 0 Å². The van der Waals surface area contributed by atoms with Crippen molar-refractivity contribution in [1.82, 2.24) is 10.2 Å². The molecule has 0 fully saturated rings. The first-order valence-corrected chi connectivity index (χ1v) is 6.41. The Hall–Kier alpha value is -1.40. The standard InChI is InChI=1S/C12H16BrN3O2/c13-11-4-1-3-10(7-11)8-15-12(18)16(9-17)6-2-5-14/h1,3-4,7,9H,2,5-6,8,14H2,(H,15,18). The number of benzene rings is 1. The van der Waals surface area contributed by atoms with Crippen molar-refractivity contribution in [2.45, 2.75) is 13.0 Å². The van der Waals surface area contributed by atoms with E-state index >= 15 is 0 Å². The van der Waals surface area contributed by atoms with Gasteiger partial charge in [0, 0.05) is 17.6 Å². The van der Waals surface area contributed by atoms with Crippen LogP contribution in [-0.2, 0) is 11.3 Å². The Bertz CT molecular complexity index is 412. The highest BCUT2D eigenvalue weighted by molar-refractivity contribution is 9.10. The molecule has 0 aliphatic carbocycles. The van der Waals surface area contributed by atoms with Crippen LogP contribution < -0.4 is 11.1 Å². The molecule has 0 bridgehead atoms. The lowest BCUT2D eigenvalue weighted by Crippen LogP contribution is -2.39. The van der Waals surface area contributed by atoms with E-state index in [1.165, 1.54) is 0 Å². The van der Waals surface area contributed by atoms with E-state index < -0.39 is 6.03 Å². The first-order chi connectivity index (χ1) is 8.67. The zero-order valence-corrected chi connectivity index (χ0v) is 11.5. The van der Waals surface area contributed by atoms with Gasteiger partial charge in [-0.05, 0) is 30.7 Å². The van der Waals surface area contributed by atoms with Gasteiger partial charge in [-0.1, -0.05) is 28.1 Å². The summed E-state index contributed by atoms with van der Waals surface area (Å²) in [5, 5.41) is 2.68. The first-order valence-electron chi connectivity index (χ1n) is 5.61. The summed E-state index contributed by atoms with van der Waals surface area (Å²) >= 11 is 3.35. The quantitative estimate of drug-likeness (QED) is 0.781. The number of amides is 3. The number of nitrogens with two attached hydrogens (primary N) is 1. The van der Waals surface area contributed by atoms with Crippen molar-refractivity contribution in [2.75, 3.05) is 13.1 Å². The Morgan fingerprint density at radius 1 is 1.50 bits per heavy atom. The van der Waals surface area contributed by atoms with Crippen LogP contribution in [0, 0.1) is 0 Å². The second-order valence-corrected chi connectivity index (χ2v) is 4.65. The number of imide groups is 1. The topological polar surface area (TPSA) is 75.4 Å². The number of hydrogen-bond donors (Lipinski definition) is 2. The minimum atomic E-state index is -0.404. The third-order valence-electron chi connectivity index (χ3n) is 2.32. The van der Waals surface area contributed by atoms with E-state index in [1.54, 1.807) is 0 Å². The highest BCUT2D eigenvalue weighted by Gasteiger charge is 2.10. The van der Waals surface area contributed by atoms with E-state index in [-0.39, 0.29) is 0 Å². The molecule has 3 N–H and O–H groups in total. The molecular weight excluding hydrogens is 298 g/mol. The lowest BCUT2D eigenvalue weighted by molar-refractivity contribution is -0.115. The maximum Gasteiger partial charge on any atom is 0.324 e. The van der Waals surface area contributed by atoms with Gasteiger partial charge in [-0.25, -0.2) is 4.79 Å². The van der Waals surface area contributed by atoms with Crippen LogP contribution in [0.2, 0.25) is 0 Å². The maximum absolute atomic E-state index is 11.7. The van der Waals surface area contributed by atoms with E-state index in [2.05, 4.69) is 21.2 Å². The second-order valence-electron chi connectivity index (χ2n) is 3.73. The predicted octanol–water partition coefficient (Wildman–Crippen LogP) is 1.47. The average Bonchev–Trinajstić information content (AvgIpc) is 2.37. The molecule has 1 aromatic carbocycles. The minimum absolute atomic E-state index is 0.338. The van der Waals surface area contributed by atoms with Crippen molar-refractivity contribution in [3.05, 3.63) is 34.3 Å². The van der Waals surface area contributed by atoms with Gasteiger partial charge in [-0.2, -0.15) is 0 Å². The van der Waals surface area contributed by atoms with Crippen LogP contribution in [0.15, 0.2) is 28.7 Å². The summed E-state index contributed by atoms with van der Waals surface area (Å²) in [6.07, 6.45) is 1.12. The highest BCUT2D eigenvalue weighted by atomic mass is 79.9. The molecule has 0 unspecified atom stereocenters. The molecule has 6 heteroatoms. The van der Waals surface area contributed by atoms with E-state index in [1.807, 2.05) is 24.3 Å². The Balaban J connectivity index is 2.46. The molecule has 0 aliphatic rings. The summed E-state index contributed by atoms with van der Waals surface area (Å²) in [7, 11) is 0. The molecule has 3 amide bonds. The Morgan fingerprint density at radius 2 is 2.28 bits per heavy atom. The zero-order valence-electron chi connectivity index (χ0n) is 9.93. The molecule has 0 radical (unpaired) electrons. The molecule has 5 nitrogen and oxygen atoms in total. The zero-order chi connectivity index (χ0) is 13.4. The van der Waals surface area contributed by atoms with Crippen molar-refractivity contribution < 1.29 is 9.59 Å². The second kappa shape index (κ2) is 7.84. The highest BCUT2D eigenvalue weighted by Crippen LogP contribution is 2.11. The molecular formula is C12H16BrN3O2. The SMILES string of the molecule is NCCCN(C=O)C(=O)NCc1cccc(Br)c1. The van der Waals surface area contributed by atoms with Gasteiger partial charge in [0.2, 0.25) is 6.41 Å². The van der Waals surface area contributed by atoms with Crippen molar-refractivity contribution in [3.8, 4) is 0 Å². The van der Waals surface area contributed by atoms with Crippen LogP contribution >= 0.6 is 15.9 Å². The molecule has 0 spiro atoms. The smallest absolute Gasteiger partial charge is 0.324 e. The average molecular weight is 314 g/mol. The molecule has 1 aromatic rings. The number of nitrogens with zero attached hydrogens (tertiary/aromatic N) is 1. The van der Waals surface area contributed by atoms with Gasteiger partial charge in [0.05, 0.1) is 0 Å². The minimum Gasteiger partial charge on any atom is -0.334 e.